The number of hydrogen-bond donors (Lipinski definition) is 0. The van der Waals surface area contributed by atoms with E-state index in [0.717, 1.165) is 44.6 Å². The van der Waals surface area contributed by atoms with E-state index in [1.54, 1.807) is 0 Å². The number of fused-ring (bicyclic) bond motifs is 7. The molecule has 0 aliphatic heterocycles. The Morgan fingerprint density at radius 2 is 1.02 bits per heavy atom. The molecule has 0 amide bonds. The molecule has 11 aromatic rings. The summed E-state index contributed by atoms with van der Waals surface area (Å²) in [6.45, 7) is 0. The highest BCUT2D eigenvalue weighted by atomic mass is 15.0. The second-order valence-corrected chi connectivity index (χ2v) is 13.9. The van der Waals surface area contributed by atoms with Crippen molar-refractivity contribution in [3.8, 4) is 45.1 Å². The first-order valence-electron chi connectivity index (χ1n) is 18.3. The molecule has 0 aliphatic carbocycles. The molecule has 0 N–H and O–H groups in total. The van der Waals surface area contributed by atoms with E-state index >= 15 is 0 Å². The lowest BCUT2D eigenvalue weighted by Crippen LogP contribution is -1.98. The van der Waals surface area contributed by atoms with E-state index in [1.807, 2.05) is 0 Å². The maximum absolute atomic E-state index is 5.31. The molecule has 0 spiro atoms. The summed E-state index contributed by atoms with van der Waals surface area (Å²) < 4.78 is 4.65. The molecule has 0 bridgehead atoms. The number of aromatic nitrogens is 4. The van der Waals surface area contributed by atoms with Crippen molar-refractivity contribution in [2.45, 2.75) is 0 Å². The normalized spacial score (nSPS) is 11.7. The van der Waals surface area contributed by atoms with Crippen LogP contribution in [0.25, 0.3) is 99.5 Å². The van der Waals surface area contributed by atoms with E-state index in [0.29, 0.717) is 5.82 Å². The van der Waals surface area contributed by atoms with Gasteiger partial charge in [0, 0.05) is 50.2 Å². The summed E-state index contributed by atoms with van der Waals surface area (Å²) in [5.74, 6) is 0.702. The Bertz CT molecular complexity index is 3210. The molecular weight excluding hydrogens is 657 g/mol. The van der Waals surface area contributed by atoms with Gasteiger partial charge in [-0.25, -0.2) is 9.97 Å². The van der Waals surface area contributed by atoms with Gasteiger partial charge in [-0.3, -0.25) is 0 Å². The molecule has 0 atom stereocenters. The molecule has 11 rings (SSSR count). The molecular formula is C50H32N4. The summed E-state index contributed by atoms with van der Waals surface area (Å²) in [6.07, 6.45) is 2.18. The summed E-state index contributed by atoms with van der Waals surface area (Å²) in [5, 5.41) is 7.12. The molecule has 0 fully saturated rings. The fourth-order valence-corrected chi connectivity index (χ4v) is 8.19. The van der Waals surface area contributed by atoms with Gasteiger partial charge in [0.1, 0.15) is 0 Å². The summed E-state index contributed by atoms with van der Waals surface area (Å²) >= 11 is 0. The molecule has 0 radical (unpaired) electrons. The first-order chi connectivity index (χ1) is 26.8. The van der Waals surface area contributed by atoms with Crippen LogP contribution in [0, 0.1) is 0 Å². The van der Waals surface area contributed by atoms with Gasteiger partial charge in [-0.1, -0.05) is 121 Å². The zero-order chi connectivity index (χ0) is 35.6. The molecule has 0 saturated heterocycles. The average molecular weight is 689 g/mol. The van der Waals surface area contributed by atoms with Crippen LogP contribution in [0.1, 0.15) is 0 Å². The van der Waals surface area contributed by atoms with E-state index in [1.165, 1.54) is 49.1 Å². The van der Waals surface area contributed by atoms with Gasteiger partial charge in [0.05, 0.1) is 27.8 Å². The van der Waals surface area contributed by atoms with Crippen LogP contribution in [0.2, 0.25) is 0 Å². The van der Waals surface area contributed by atoms with Gasteiger partial charge in [-0.05, 0) is 88.6 Å². The average Bonchev–Trinajstić information content (AvgIpc) is 3.83. The second kappa shape index (κ2) is 12.1. The predicted molar refractivity (Wildman–Crippen MR) is 225 cm³/mol. The highest BCUT2D eigenvalue weighted by Gasteiger charge is 2.18. The monoisotopic (exact) mass is 688 g/mol. The number of benzene rings is 8. The van der Waals surface area contributed by atoms with Gasteiger partial charge >= 0.3 is 0 Å². The Kier molecular flexibility index (Phi) is 6.82. The maximum Gasteiger partial charge on any atom is 0.160 e. The van der Waals surface area contributed by atoms with Crippen molar-refractivity contribution >= 4 is 54.4 Å². The Labute approximate surface area is 311 Å². The van der Waals surface area contributed by atoms with Gasteiger partial charge in [-0.15, -0.1) is 0 Å². The van der Waals surface area contributed by atoms with Crippen molar-refractivity contribution in [1.29, 1.82) is 0 Å². The standard InChI is InChI=1S/C50H32N4/c1-3-12-33(13-4-1)34-22-23-36-31-37(25-24-35(36)30-34)49-41-18-7-9-20-44(41)51-50(52-49)38-14-11-17-40(32-38)54-46-21-10-8-19-42(46)48-43-28-29-53(39-15-5-2-6-16-39)45(43)26-27-47(48)54/h1-32H. The van der Waals surface area contributed by atoms with Crippen LogP contribution in [0.5, 0.6) is 0 Å². The highest BCUT2D eigenvalue weighted by Crippen LogP contribution is 2.39. The van der Waals surface area contributed by atoms with Crippen molar-refractivity contribution in [1.82, 2.24) is 19.1 Å². The third kappa shape index (κ3) is 4.85. The van der Waals surface area contributed by atoms with Crippen molar-refractivity contribution < 1.29 is 0 Å². The minimum atomic E-state index is 0.702. The van der Waals surface area contributed by atoms with E-state index in [4.69, 9.17) is 9.97 Å². The topological polar surface area (TPSA) is 35.6 Å². The first kappa shape index (κ1) is 30.3. The van der Waals surface area contributed by atoms with Crippen LogP contribution in [-0.2, 0) is 0 Å². The van der Waals surface area contributed by atoms with Crippen LogP contribution in [0.4, 0.5) is 0 Å². The lowest BCUT2D eigenvalue weighted by molar-refractivity contribution is 1.13. The zero-order valence-corrected chi connectivity index (χ0v) is 29.3. The van der Waals surface area contributed by atoms with Crippen molar-refractivity contribution in [2.75, 3.05) is 0 Å². The van der Waals surface area contributed by atoms with E-state index in [2.05, 4.69) is 203 Å². The van der Waals surface area contributed by atoms with Gasteiger partial charge < -0.3 is 9.13 Å². The SMILES string of the molecule is c1ccc(-c2ccc3cc(-c4nc(-c5cccc(-n6c7ccccc7c7c8ccn(-c9ccccc9)c8ccc76)c5)nc5ccccc45)ccc3c2)cc1. The van der Waals surface area contributed by atoms with Crippen molar-refractivity contribution in [3.63, 3.8) is 0 Å². The fraction of sp³-hybridized carbons (Fsp3) is 0. The van der Waals surface area contributed by atoms with E-state index in [9.17, 15) is 0 Å². The summed E-state index contributed by atoms with van der Waals surface area (Å²) in [4.78, 5) is 10.4. The van der Waals surface area contributed by atoms with Crippen LogP contribution in [0.3, 0.4) is 0 Å². The summed E-state index contributed by atoms with van der Waals surface area (Å²) in [5.41, 5.74) is 12.1. The van der Waals surface area contributed by atoms with Gasteiger partial charge in [0.15, 0.2) is 5.82 Å². The third-order valence-corrected chi connectivity index (χ3v) is 10.7. The Balaban J connectivity index is 1.05. The number of rotatable bonds is 5. The molecule has 0 unspecified atom stereocenters. The molecule has 8 aromatic carbocycles. The predicted octanol–water partition coefficient (Wildman–Crippen LogP) is 12.8. The van der Waals surface area contributed by atoms with Gasteiger partial charge in [0.2, 0.25) is 0 Å². The minimum absolute atomic E-state index is 0.702. The molecule has 252 valence electrons. The number of nitrogens with zero attached hydrogens (tertiary/aromatic N) is 4. The summed E-state index contributed by atoms with van der Waals surface area (Å²) in [7, 11) is 0. The number of hydrogen-bond acceptors (Lipinski definition) is 2. The lowest BCUT2D eigenvalue weighted by atomic mass is 9.98. The zero-order valence-electron chi connectivity index (χ0n) is 29.3. The van der Waals surface area contributed by atoms with Crippen LogP contribution < -0.4 is 0 Å². The van der Waals surface area contributed by atoms with Crippen molar-refractivity contribution in [2.24, 2.45) is 0 Å². The smallest absolute Gasteiger partial charge is 0.160 e. The molecule has 54 heavy (non-hydrogen) atoms. The third-order valence-electron chi connectivity index (χ3n) is 10.7. The molecule has 0 saturated carbocycles. The molecule has 3 heterocycles. The number of para-hydroxylation sites is 3. The van der Waals surface area contributed by atoms with E-state index < -0.39 is 0 Å². The fourth-order valence-electron chi connectivity index (χ4n) is 8.19. The van der Waals surface area contributed by atoms with E-state index in [-0.39, 0.29) is 0 Å². The largest absolute Gasteiger partial charge is 0.317 e. The molecule has 4 heteroatoms. The Hall–Kier alpha value is -7.30. The quantitative estimate of drug-likeness (QED) is 0.180. The minimum Gasteiger partial charge on any atom is -0.317 e. The molecule has 4 nitrogen and oxygen atoms in total. The maximum atomic E-state index is 5.31. The second-order valence-electron chi connectivity index (χ2n) is 13.9. The lowest BCUT2D eigenvalue weighted by Gasteiger charge is -2.13. The highest BCUT2D eigenvalue weighted by molar-refractivity contribution is 6.21. The van der Waals surface area contributed by atoms with Crippen LogP contribution in [0.15, 0.2) is 194 Å². The molecule has 0 aliphatic rings. The van der Waals surface area contributed by atoms with Crippen LogP contribution >= 0.6 is 0 Å². The summed E-state index contributed by atoms with van der Waals surface area (Å²) in [6, 6.07) is 66.9. The van der Waals surface area contributed by atoms with Crippen molar-refractivity contribution in [3.05, 3.63) is 194 Å². The molecule has 3 aromatic heterocycles. The first-order valence-corrected chi connectivity index (χ1v) is 18.3. The van der Waals surface area contributed by atoms with Crippen LogP contribution in [-0.4, -0.2) is 19.1 Å². The van der Waals surface area contributed by atoms with Gasteiger partial charge in [-0.2, -0.15) is 0 Å². The Morgan fingerprint density at radius 3 is 1.87 bits per heavy atom. The van der Waals surface area contributed by atoms with Gasteiger partial charge in [0.25, 0.3) is 0 Å². The Morgan fingerprint density at radius 1 is 0.370 bits per heavy atom.